The van der Waals surface area contributed by atoms with E-state index >= 15 is 0 Å². The van der Waals surface area contributed by atoms with Crippen LogP contribution in [0.4, 0.5) is 0 Å². The number of rotatable bonds is 4. The lowest BCUT2D eigenvalue weighted by Gasteiger charge is -2.25. The SMILES string of the molecule is COc1ccccc1[C@H]1SCCN1S(=O)(=O)c1ccc2ccccc2c1. The highest BCUT2D eigenvalue weighted by Gasteiger charge is 2.38. The van der Waals surface area contributed by atoms with E-state index in [2.05, 4.69) is 0 Å². The molecule has 0 aliphatic carbocycles. The average molecular weight is 386 g/mol. The molecule has 0 radical (unpaired) electrons. The minimum Gasteiger partial charge on any atom is -0.496 e. The minimum atomic E-state index is -3.60. The van der Waals surface area contributed by atoms with Gasteiger partial charge in [0.05, 0.1) is 17.4 Å². The van der Waals surface area contributed by atoms with Gasteiger partial charge in [-0.3, -0.25) is 0 Å². The Labute approximate surface area is 157 Å². The van der Waals surface area contributed by atoms with E-state index in [1.807, 2.05) is 54.6 Å². The Morgan fingerprint density at radius 1 is 1.00 bits per heavy atom. The minimum absolute atomic E-state index is 0.275. The molecule has 4 rings (SSSR count). The van der Waals surface area contributed by atoms with Gasteiger partial charge in [0.25, 0.3) is 0 Å². The summed E-state index contributed by atoms with van der Waals surface area (Å²) < 4.78 is 33.7. The molecule has 0 amide bonds. The van der Waals surface area contributed by atoms with Gasteiger partial charge >= 0.3 is 0 Å². The number of fused-ring (bicyclic) bond motifs is 1. The van der Waals surface area contributed by atoms with Crippen LogP contribution < -0.4 is 4.74 Å². The van der Waals surface area contributed by atoms with Crippen LogP contribution in [0.25, 0.3) is 10.8 Å². The predicted octanol–water partition coefficient (Wildman–Crippen LogP) is 4.28. The van der Waals surface area contributed by atoms with Gasteiger partial charge in [0.15, 0.2) is 0 Å². The van der Waals surface area contributed by atoms with Crippen molar-refractivity contribution in [1.29, 1.82) is 0 Å². The second kappa shape index (κ2) is 6.95. The molecule has 3 aromatic carbocycles. The fourth-order valence-corrected chi connectivity index (χ4v) is 6.57. The summed E-state index contributed by atoms with van der Waals surface area (Å²) in [5.41, 5.74) is 0.891. The zero-order chi connectivity index (χ0) is 18.1. The van der Waals surface area contributed by atoms with E-state index in [-0.39, 0.29) is 5.37 Å². The number of benzene rings is 3. The molecule has 1 heterocycles. The van der Waals surface area contributed by atoms with Crippen LogP contribution in [-0.2, 0) is 10.0 Å². The van der Waals surface area contributed by atoms with Crippen LogP contribution in [0, 0.1) is 0 Å². The zero-order valence-corrected chi connectivity index (χ0v) is 16.0. The Balaban J connectivity index is 1.76. The maximum Gasteiger partial charge on any atom is 0.244 e. The summed E-state index contributed by atoms with van der Waals surface area (Å²) in [6.45, 7) is 0.489. The number of sulfonamides is 1. The standard InChI is InChI=1S/C20H19NO3S2/c1-24-19-9-5-4-8-18(19)20-21(12-13-25-20)26(22,23)17-11-10-15-6-2-3-7-16(15)14-17/h2-11,14,20H,12-13H2,1H3/t20-/m1/s1. The molecule has 0 spiro atoms. The maximum atomic E-state index is 13.3. The molecule has 26 heavy (non-hydrogen) atoms. The van der Waals surface area contributed by atoms with Crippen LogP contribution in [0.15, 0.2) is 71.6 Å². The monoisotopic (exact) mass is 385 g/mol. The number of hydrogen-bond donors (Lipinski definition) is 0. The van der Waals surface area contributed by atoms with E-state index in [0.29, 0.717) is 17.2 Å². The van der Waals surface area contributed by atoms with Gasteiger partial charge in [-0.1, -0.05) is 48.5 Å². The largest absolute Gasteiger partial charge is 0.496 e. The van der Waals surface area contributed by atoms with Crippen molar-refractivity contribution < 1.29 is 13.2 Å². The Kier molecular flexibility index (Phi) is 4.65. The highest BCUT2D eigenvalue weighted by Crippen LogP contribution is 2.44. The Morgan fingerprint density at radius 3 is 2.54 bits per heavy atom. The number of methoxy groups -OCH3 is 1. The van der Waals surface area contributed by atoms with Gasteiger partial charge in [0.1, 0.15) is 5.75 Å². The first-order chi connectivity index (χ1) is 12.6. The Morgan fingerprint density at radius 2 is 1.73 bits per heavy atom. The molecule has 1 saturated heterocycles. The summed E-state index contributed by atoms with van der Waals surface area (Å²) in [5.74, 6) is 1.47. The average Bonchev–Trinajstić information content (AvgIpc) is 3.18. The number of thioether (sulfide) groups is 1. The highest BCUT2D eigenvalue weighted by atomic mass is 32.2. The molecule has 0 aromatic heterocycles. The van der Waals surface area contributed by atoms with Crippen molar-refractivity contribution in [3.8, 4) is 5.75 Å². The van der Waals surface area contributed by atoms with E-state index in [1.165, 1.54) is 0 Å². The van der Waals surface area contributed by atoms with Crippen molar-refractivity contribution in [1.82, 2.24) is 4.31 Å². The molecule has 1 aliphatic rings. The third-order valence-corrected chi connectivity index (χ3v) is 7.82. The lowest BCUT2D eigenvalue weighted by atomic mass is 10.1. The first-order valence-electron chi connectivity index (χ1n) is 8.36. The molecule has 0 bridgehead atoms. The quantitative estimate of drug-likeness (QED) is 0.672. The topological polar surface area (TPSA) is 46.6 Å². The van der Waals surface area contributed by atoms with E-state index in [0.717, 1.165) is 22.1 Å². The van der Waals surface area contributed by atoms with Gasteiger partial charge in [0, 0.05) is 17.9 Å². The molecule has 1 aliphatic heterocycles. The van der Waals surface area contributed by atoms with Crippen LogP contribution in [0.3, 0.4) is 0 Å². The van der Waals surface area contributed by atoms with Crippen LogP contribution in [0.1, 0.15) is 10.9 Å². The first-order valence-corrected chi connectivity index (χ1v) is 10.9. The van der Waals surface area contributed by atoms with Crippen molar-refractivity contribution in [2.24, 2.45) is 0 Å². The van der Waals surface area contributed by atoms with Crippen LogP contribution in [0.2, 0.25) is 0 Å². The summed E-state index contributed by atoms with van der Waals surface area (Å²) in [7, 11) is -1.98. The van der Waals surface area contributed by atoms with E-state index < -0.39 is 10.0 Å². The second-order valence-electron chi connectivity index (χ2n) is 6.09. The van der Waals surface area contributed by atoms with Crippen LogP contribution in [0.5, 0.6) is 5.75 Å². The molecule has 0 N–H and O–H groups in total. The van der Waals surface area contributed by atoms with Crippen molar-refractivity contribution in [3.05, 3.63) is 72.3 Å². The molecule has 134 valence electrons. The fraction of sp³-hybridized carbons (Fsp3) is 0.200. The molecule has 0 saturated carbocycles. The van der Waals surface area contributed by atoms with Crippen LogP contribution in [-0.4, -0.2) is 32.1 Å². The molecular weight excluding hydrogens is 366 g/mol. The molecule has 1 atom stereocenters. The van der Waals surface area contributed by atoms with Gasteiger partial charge in [-0.05, 0) is 29.0 Å². The third kappa shape index (κ3) is 2.98. The maximum absolute atomic E-state index is 13.3. The van der Waals surface area contributed by atoms with Gasteiger partial charge < -0.3 is 4.74 Å². The molecule has 1 fully saturated rings. The summed E-state index contributed by atoms with van der Waals surface area (Å²) in [4.78, 5) is 0.332. The van der Waals surface area contributed by atoms with Gasteiger partial charge in [-0.15, -0.1) is 11.8 Å². The number of para-hydroxylation sites is 1. The molecule has 0 unspecified atom stereocenters. The van der Waals surface area contributed by atoms with E-state index in [4.69, 9.17) is 4.74 Å². The van der Waals surface area contributed by atoms with Crippen molar-refractivity contribution >= 4 is 32.6 Å². The lowest BCUT2D eigenvalue weighted by Crippen LogP contribution is -2.30. The summed E-state index contributed by atoms with van der Waals surface area (Å²) in [6.07, 6.45) is 0. The molecule has 3 aromatic rings. The predicted molar refractivity (Wildman–Crippen MR) is 106 cm³/mol. The van der Waals surface area contributed by atoms with Crippen LogP contribution >= 0.6 is 11.8 Å². The third-order valence-electron chi connectivity index (χ3n) is 4.58. The lowest BCUT2D eigenvalue weighted by molar-refractivity contribution is 0.390. The normalized spacial score (nSPS) is 18.3. The molecular formula is C20H19NO3S2. The summed E-state index contributed by atoms with van der Waals surface area (Å²) in [6, 6.07) is 20.7. The fourth-order valence-electron chi connectivity index (χ4n) is 3.28. The molecule has 6 heteroatoms. The first kappa shape index (κ1) is 17.4. The van der Waals surface area contributed by atoms with Gasteiger partial charge in [-0.2, -0.15) is 4.31 Å². The van der Waals surface area contributed by atoms with Crippen molar-refractivity contribution in [2.75, 3.05) is 19.4 Å². The van der Waals surface area contributed by atoms with E-state index in [9.17, 15) is 8.42 Å². The highest BCUT2D eigenvalue weighted by molar-refractivity contribution is 8.01. The number of ether oxygens (including phenoxy) is 1. The molecule has 4 nitrogen and oxygen atoms in total. The van der Waals surface area contributed by atoms with Gasteiger partial charge in [0.2, 0.25) is 10.0 Å². The summed E-state index contributed by atoms with van der Waals surface area (Å²) in [5, 5.41) is 1.68. The second-order valence-corrected chi connectivity index (χ2v) is 9.17. The number of nitrogens with zero attached hydrogens (tertiary/aromatic N) is 1. The van der Waals surface area contributed by atoms with Crippen molar-refractivity contribution in [2.45, 2.75) is 10.3 Å². The van der Waals surface area contributed by atoms with E-state index in [1.54, 1.807) is 35.3 Å². The van der Waals surface area contributed by atoms with Gasteiger partial charge in [-0.25, -0.2) is 8.42 Å². The van der Waals surface area contributed by atoms with Crippen molar-refractivity contribution in [3.63, 3.8) is 0 Å². The number of hydrogen-bond acceptors (Lipinski definition) is 4. The smallest absolute Gasteiger partial charge is 0.244 e. The Hall–Kier alpha value is -2.02. The summed E-state index contributed by atoms with van der Waals surface area (Å²) >= 11 is 1.63. The Bertz CT molecular complexity index is 1050. The zero-order valence-electron chi connectivity index (χ0n) is 14.3.